The molecule has 0 bridgehead atoms. The van der Waals surface area contributed by atoms with Crippen LogP contribution >= 0.6 is 0 Å². The summed E-state index contributed by atoms with van der Waals surface area (Å²) in [7, 11) is 0. The second kappa shape index (κ2) is 5.11. The molecule has 0 unspecified atom stereocenters. The summed E-state index contributed by atoms with van der Waals surface area (Å²) in [6.45, 7) is 3.76. The lowest BCUT2D eigenvalue weighted by molar-refractivity contribution is 0.306. The van der Waals surface area contributed by atoms with Gasteiger partial charge < -0.3 is 0 Å². The zero-order valence-electron chi connectivity index (χ0n) is 10.1. The van der Waals surface area contributed by atoms with Crippen molar-refractivity contribution >= 4 is 12.1 Å². The normalized spacial score (nSPS) is 18.1. The maximum Gasteiger partial charge on any atom is 0.0965 e. The van der Waals surface area contributed by atoms with E-state index in [1.807, 2.05) is 6.08 Å². The Labute approximate surface area is 103 Å². The predicted molar refractivity (Wildman–Crippen MR) is 71.5 cm³/mol. The average Bonchev–Trinajstić information content (AvgIpc) is 2.40. The van der Waals surface area contributed by atoms with E-state index in [1.54, 1.807) is 0 Å². The number of hydrogen-bond acceptors (Lipinski definition) is 2. The summed E-state index contributed by atoms with van der Waals surface area (Å²) in [5, 5.41) is 7.16. The molecule has 0 spiro atoms. The van der Waals surface area contributed by atoms with E-state index in [4.69, 9.17) is 5.41 Å². The molecular formula is C15H18N2. The Bertz CT molecular complexity index is 432. The van der Waals surface area contributed by atoms with Gasteiger partial charge in [0.1, 0.15) is 0 Å². The van der Waals surface area contributed by atoms with Gasteiger partial charge in [-0.05, 0) is 24.0 Å². The highest BCUT2D eigenvalue weighted by Gasteiger charge is 2.33. The van der Waals surface area contributed by atoms with E-state index in [-0.39, 0.29) is 5.54 Å². The molecule has 1 aromatic rings. The number of hydrogen-bond donors (Lipinski definition) is 1. The minimum Gasteiger partial charge on any atom is -0.242 e. The lowest BCUT2D eigenvalue weighted by Gasteiger charge is -2.33. The van der Waals surface area contributed by atoms with Crippen LogP contribution in [0.25, 0.3) is 6.08 Å². The predicted octanol–water partition coefficient (Wildman–Crippen LogP) is 4.24. The van der Waals surface area contributed by atoms with Gasteiger partial charge in [0.2, 0.25) is 0 Å². The summed E-state index contributed by atoms with van der Waals surface area (Å²) in [6.07, 6.45) is 7.57. The molecule has 1 saturated carbocycles. The maximum atomic E-state index is 7.16. The van der Waals surface area contributed by atoms with Gasteiger partial charge in [0, 0.05) is 0 Å². The van der Waals surface area contributed by atoms with Crippen LogP contribution in [-0.2, 0) is 5.54 Å². The first kappa shape index (κ1) is 11.8. The molecule has 1 aromatic carbocycles. The molecule has 1 fully saturated rings. The smallest absolute Gasteiger partial charge is 0.0965 e. The molecule has 2 heteroatoms. The van der Waals surface area contributed by atoms with Gasteiger partial charge in [-0.2, -0.15) is 0 Å². The van der Waals surface area contributed by atoms with E-state index < -0.39 is 0 Å². The van der Waals surface area contributed by atoms with Gasteiger partial charge in [-0.3, -0.25) is 0 Å². The summed E-state index contributed by atoms with van der Waals surface area (Å²) in [5.74, 6) is 0. The Balaban J connectivity index is 2.37. The molecule has 0 atom stereocenters. The molecule has 2 rings (SSSR count). The second-order valence-corrected chi connectivity index (χ2v) is 4.64. The molecule has 1 N–H and O–H groups in total. The van der Waals surface area contributed by atoms with Gasteiger partial charge in [-0.15, -0.1) is 0 Å². The summed E-state index contributed by atoms with van der Waals surface area (Å²) in [4.78, 5) is 4.33. The van der Waals surface area contributed by atoms with Gasteiger partial charge in [0.25, 0.3) is 0 Å². The highest BCUT2D eigenvalue weighted by atomic mass is 14.9. The van der Waals surface area contributed by atoms with E-state index in [0.717, 1.165) is 18.4 Å². The van der Waals surface area contributed by atoms with Gasteiger partial charge in [0.15, 0.2) is 0 Å². The van der Waals surface area contributed by atoms with E-state index in [1.165, 1.54) is 24.8 Å². The monoisotopic (exact) mass is 226 g/mol. The fourth-order valence-corrected chi connectivity index (χ4v) is 2.64. The van der Waals surface area contributed by atoms with Crippen LogP contribution in [0.3, 0.4) is 0 Å². The fraction of sp³-hybridized carbons (Fsp3) is 0.400. The molecular weight excluding hydrogens is 208 g/mol. The maximum absolute atomic E-state index is 7.16. The minimum absolute atomic E-state index is 0.195. The minimum atomic E-state index is -0.195. The molecule has 0 aliphatic heterocycles. The summed E-state index contributed by atoms with van der Waals surface area (Å²) in [5.41, 5.74) is 2.14. The molecule has 0 amide bonds. The zero-order chi connectivity index (χ0) is 12.1. The third kappa shape index (κ3) is 2.37. The van der Waals surface area contributed by atoms with E-state index in [9.17, 15) is 0 Å². The Hall–Kier alpha value is -1.66. The van der Waals surface area contributed by atoms with Crippen LogP contribution < -0.4 is 0 Å². The van der Waals surface area contributed by atoms with Crippen LogP contribution in [0.1, 0.15) is 43.2 Å². The molecule has 1 aliphatic rings. The molecule has 2 nitrogen and oxygen atoms in total. The van der Waals surface area contributed by atoms with Crippen LogP contribution in [-0.4, -0.2) is 6.01 Å². The lowest BCUT2D eigenvalue weighted by Crippen LogP contribution is -2.26. The largest absolute Gasteiger partial charge is 0.242 e. The Morgan fingerprint density at radius 2 is 1.82 bits per heavy atom. The zero-order valence-corrected chi connectivity index (χ0v) is 10.1. The van der Waals surface area contributed by atoms with Crippen LogP contribution in [0.5, 0.6) is 0 Å². The molecule has 1 aliphatic carbocycles. The highest BCUT2D eigenvalue weighted by Crippen LogP contribution is 2.40. The van der Waals surface area contributed by atoms with Gasteiger partial charge in [-0.1, -0.05) is 56.2 Å². The van der Waals surface area contributed by atoms with Gasteiger partial charge in [0.05, 0.1) is 11.5 Å². The number of benzene rings is 1. The molecule has 0 aromatic heterocycles. The first-order valence-electron chi connectivity index (χ1n) is 6.17. The van der Waals surface area contributed by atoms with Crippen molar-refractivity contribution in [3.05, 3.63) is 42.0 Å². The van der Waals surface area contributed by atoms with Crippen molar-refractivity contribution in [2.75, 3.05) is 0 Å². The number of nitrogens with one attached hydrogen (secondary N) is 1. The third-order valence-corrected chi connectivity index (χ3v) is 3.63. The molecule has 0 radical (unpaired) electrons. The Morgan fingerprint density at radius 1 is 1.18 bits per heavy atom. The SMILES string of the molecule is C=Cc1ccc(C2(N=C=N)CCCCC2)cc1. The van der Waals surface area contributed by atoms with Crippen molar-refractivity contribution in [3.63, 3.8) is 0 Å². The molecule has 0 heterocycles. The van der Waals surface area contributed by atoms with E-state index >= 15 is 0 Å². The summed E-state index contributed by atoms with van der Waals surface area (Å²) in [6, 6.07) is 10.6. The first-order valence-corrected chi connectivity index (χ1v) is 6.17. The van der Waals surface area contributed by atoms with Crippen molar-refractivity contribution < 1.29 is 0 Å². The summed E-state index contributed by atoms with van der Waals surface area (Å²) >= 11 is 0. The standard InChI is InChI=1S/C15H18N2/c1-2-13-6-8-14(9-7-13)15(17-12-16)10-4-3-5-11-15/h2,6-9,16H,1,3-5,10-11H2. The Morgan fingerprint density at radius 3 is 2.35 bits per heavy atom. The summed E-state index contributed by atoms with van der Waals surface area (Å²) < 4.78 is 0. The molecule has 17 heavy (non-hydrogen) atoms. The van der Waals surface area contributed by atoms with Crippen molar-refractivity contribution in [2.45, 2.75) is 37.6 Å². The van der Waals surface area contributed by atoms with Gasteiger partial charge >= 0.3 is 0 Å². The quantitative estimate of drug-likeness (QED) is 0.748. The third-order valence-electron chi connectivity index (χ3n) is 3.63. The first-order chi connectivity index (χ1) is 8.30. The average molecular weight is 226 g/mol. The van der Waals surface area contributed by atoms with Crippen LogP contribution in [0, 0.1) is 5.41 Å². The lowest BCUT2D eigenvalue weighted by atomic mass is 9.77. The van der Waals surface area contributed by atoms with Crippen molar-refractivity contribution in [3.8, 4) is 0 Å². The second-order valence-electron chi connectivity index (χ2n) is 4.64. The van der Waals surface area contributed by atoms with Crippen molar-refractivity contribution in [2.24, 2.45) is 4.99 Å². The number of rotatable bonds is 3. The van der Waals surface area contributed by atoms with Crippen molar-refractivity contribution in [1.29, 1.82) is 5.41 Å². The van der Waals surface area contributed by atoms with Gasteiger partial charge in [-0.25, -0.2) is 10.4 Å². The van der Waals surface area contributed by atoms with Crippen LogP contribution in [0.2, 0.25) is 0 Å². The molecule has 88 valence electrons. The highest BCUT2D eigenvalue weighted by molar-refractivity contribution is 5.48. The number of aliphatic imine (C=N–C) groups is 1. The molecule has 0 saturated heterocycles. The van der Waals surface area contributed by atoms with E-state index in [2.05, 4.69) is 41.8 Å². The van der Waals surface area contributed by atoms with Crippen LogP contribution in [0.15, 0.2) is 35.8 Å². The van der Waals surface area contributed by atoms with Crippen LogP contribution in [0.4, 0.5) is 0 Å². The topological polar surface area (TPSA) is 36.2 Å². The fourth-order valence-electron chi connectivity index (χ4n) is 2.64. The Kier molecular flexibility index (Phi) is 3.55. The van der Waals surface area contributed by atoms with E-state index in [0.29, 0.717) is 0 Å². The van der Waals surface area contributed by atoms with Crippen molar-refractivity contribution in [1.82, 2.24) is 0 Å². The number of nitrogens with zero attached hydrogens (tertiary/aromatic N) is 1.